The highest BCUT2D eigenvalue weighted by atomic mass is 15.3. The van der Waals surface area contributed by atoms with Gasteiger partial charge in [-0.15, -0.1) is 0 Å². The van der Waals surface area contributed by atoms with Crippen LogP contribution in [0.4, 0.5) is 0 Å². The molecule has 1 heterocycles. The number of hydrogen-bond donors (Lipinski definition) is 0. The first-order valence-electron chi connectivity index (χ1n) is 6.00. The normalized spacial score (nSPS) is 8.93. The lowest BCUT2D eigenvalue weighted by Crippen LogP contribution is -1.94. The number of hydrogen-bond acceptors (Lipinski definition) is 1. The van der Waals surface area contributed by atoms with Gasteiger partial charge in [0.25, 0.3) is 0 Å². The molecule has 88 valence electrons. The highest BCUT2D eigenvalue weighted by Crippen LogP contribution is 1.97. The number of allylic oxidation sites excluding steroid dienone is 2. The van der Waals surface area contributed by atoms with E-state index in [4.69, 9.17) is 0 Å². The molecule has 15 heavy (non-hydrogen) atoms. The van der Waals surface area contributed by atoms with Crippen LogP contribution < -0.4 is 0 Å². The summed E-state index contributed by atoms with van der Waals surface area (Å²) >= 11 is 0. The summed E-state index contributed by atoms with van der Waals surface area (Å²) in [5.41, 5.74) is 1.14. The maximum atomic E-state index is 4.33. The molecule has 0 aromatic carbocycles. The Bertz CT molecular complexity index is 236. The Labute approximate surface area is 95.0 Å². The van der Waals surface area contributed by atoms with Gasteiger partial charge in [0.05, 0.1) is 5.69 Å². The van der Waals surface area contributed by atoms with Crippen LogP contribution in [0.2, 0.25) is 0 Å². The zero-order chi connectivity index (χ0) is 12.1. The second-order valence-electron chi connectivity index (χ2n) is 2.44. The summed E-state index contributed by atoms with van der Waals surface area (Å²) in [6, 6.07) is 2.06. The van der Waals surface area contributed by atoms with E-state index in [-0.39, 0.29) is 0 Å². The second-order valence-corrected chi connectivity index (χ2v) is 2.44. The van der Waals surface area contributed by atoms with E-state index in [9.17, 15) is 0 Å². The summed E-state index contributed by atoms with van der Waals surface area (Å²) in [5, 5.41) is 4.33. The first-order valence-corrected chi connectivity index (χ1v) is 6.00. The molecular formula is C13H26N2. The number of aromatic nitrogens is 2. The molecule has 0 unspecified atom stereocenters. The van der Waals surface area contributed by atoms with Crippen LogP contribution in [0.15, 0.2) is 24.4 Å². The molecule has 0 saturated heterocycles. The molecule has 0 spiro atoms. The summed E-state index contributed by atoms with van der Waals surface area (Å²) in [5.74, 6) is 0. The molecule has 0 saturated carbocycles. The van der Waals surface area contributed by atoms with Gasteiger partial charge in [-0.1, -0.05) is 39.8 Å². The largest absolute Gasteiger partial charge is 0.273 e. The van der Waals surface area contributed by atoms with Gasteiger partial charge in [-0.2, -0.15) is 5.10 Å². The molecule has 0 atom stereocenters. The third kappa shape index (κ3) is 7.98. The summed E-state index contributed by atoms with van der Waals surface area (Å²) in [6.07, 6.45) is 7.12. The zero-order valence-corrected chi connectivity index (χ0v) is 11.1. The van der Waals surface area contributed by atoms with Crippen LogP contribution in [0, 0.1) is 0 Å². The smallest absolute Gasteiger partial charge is 0.0662 e. The molecule has 0 fully saturated rings. The second kappa shape index (κ2) is 12.9. The van der Waals surface area contributed by atoms with Crippen molar-refractivity contribution in [1.29, 1.82) is 0 Å². The fourth-order valence-corrected chi connectivity index (χ4v) is 0.927. The Morgan fingerprint density at radius 2 is 1.87 bits per heavy atom. The van der Waals surface area contributed by atoms with Gasteiger partial charge in [0, 0.05) is 19.2 Å². The van der Waals surface area contributed by atoms with Crippen molar-refractivity contribution in [3.8, 4) is 0 Å². The van der Waals surface area contributed by atoms with Crippen molar-refractivity contribution in [1.82, 2.24) is 9.78 Å². The predicted molar refractivity (Wildman–Crippen MR) is 69.1 cm³/mol. The van der Waals surface area contributed by atoms with Gasteiger partial charge in [0.2, 0.25) is 0 Å². The van der Waals surface area contributed by atoms with Crippen molar-refractivity contribution in [3.63, 3.8) is 0 Å². The first-order chi connectivity index (χ1) is 7.36. The third-order valence-corrected chi connectivity index (χ3v) is 1.58. The molecule has 1 aromatic rings. The van der Waals surface area contributed by atoms with Crippen LogP contribution in [0.3, 0.4) is 0 Å². The fourth-order valence-electron chi connectivity index (χ4n) is 0.927. The van der Waals surface area contributed by atoms with E-state index in [1.807, 2.05) is 51.6 Å². The molecule has 0 aliphatic rings. The van der Waals surface area contributed by atoms with Gasteiger partial charge in [0.1, 0.15) is 0 Å². The number of nitrogens with zero attached hydrogens (tertiary/aromatic N) is 2. The summed E-state index contributed by atoms with van der Waals surface area (Å²) < 4.78 is 1.94. The fraction of sp³-hybridized carbons (Fsp3) is 0.615. The molecule has 0 radical (unpaired) electrons. The first kappa shape index (κ1) is 16.4. The lowest BCUT2D eigenvalue weighted by Gasteiger charge is -1.91. The van der Waals surface area contributed by atoms with Gasteiger partial charge in [-0.3, -0.25) is 4.68 Å². The SMILES string of the molecule is C/C=C/Cc1ccn(CC)n1.CC.CC. The van der Waals surface area contributed by atoms with E-state index in [0.29, 0.717) is 0 Å². The Morgan fingerprint density at radius 3 is 2.27 bits per heavy atom. The van der Waals surface area contributed by atoms with E-state index in [2.05, 4.69) is 24.2 Å². The van der Waals surface area contributed by atoms with Crippen molar-refractivity contribution in [2.24, 2.45) is 0 Å². The van der Waals surface area contributed by atoms with Gasteiger partial charge >= 0.3 is 0 Å². The molecule has 0 aliphatic carbocycles. The van der Waals surface area contributed by atoms with Crippen LogP contribution in [0.1, 0.15) is 47.2 Å². The Balaban J connectivity index is 0. The Kier molecular flexibility index (Phi) is 14.1. The minimum atomic E-state index is 0.948. The summed E-state index contributed by atoms with van der Waals surface area (Å²) in [7, 11) is 0. The van der Waals surface area contributed by atoms with Crippen LogP contribution in [-0.4, -0.2) is 9.78 Å². The average molecular weight is 210 g/mol. The van der Waals surface area contributed by atoms with Gasteiger partial charge < -0.3 is 0 Å². The van der Waals surface area contributed by atoms with Crippen LogP contribution in [0.5, 0.6) is 0 Å². The van der Waals surface area contributed by atoms with Crippen LogP contribution in [-0.2, 0) is 13.0 Å². The third-order valence-electron chi connectivity index (χ3n) is 1.58. The van der Waals surface area contributed by atoms with Crippen molar-refractivity contribution in [2.75, 3.05) is 0 Å². The highest BCUT2D eigenvalue weighted by molar-refractivity contribution is 5.04. The zero-order valence-electron chi connectivity index (χ0n) is 11.1. The molecule has 0 N–H and O–H groups in total. The minimum Gasteiger partial charge on any atom is -0.273 e. The van der Waals surface area contributed by atoms with Crippen molar-refractivity contribution in [3.05, 3.63) is 30.1 Å². The molecule has 0 aliphatic heterocycles. The number of rotatable bonds is 3. The van der Waals surface area contributed by atoms with Crippen LogP contribution >= 0.6 is 0 Å². The van der Waals surface area contributed by atoms with Gasteiger partial charge in [-0.25, -0.2) is 0 Å². The average Bonchev–Trinajstić information content (AvgIpc) is 2.79. The number of aryl methyl sites for hydroxylation is 1. The predicted octanol–water partition coefficient (Wildman–Crippen LogP) is 4.07. The Morgan fingerprint density at radius 1 is 1.27 bits per heavy atom. The van der Waals surface area contributed by atoms with Gasteiger partial charge in [0.15, 0.2) is 0 Å². The molecule has 0 bridgehead atoms. The lowest BCUT2D eigenvalue weighted by molar-refractivity contribution is 0.650. The maximum Gasteiger partial charge on any atom is 0.0662 e. The van der Waals surface area contributed by atoms with Gasteiger partial charge in [-0.05, 0) is 19.9 Å². The molecule has 1 aromatic heterocycles. The standard InChI is InChI=1S/C9H14N2.2C2H6/c1-3-5-6-9-7-8-11(4-2)10-9;2*1-2/h3,5,7-8H,4,6H2,1-2H3;2*1-2H3/b5-3+;;. The van der Waals surface area contributed by atoms with Crippen molar-refractivity contribution < 1.29 is 0 Å². The van der Waals surface area contributed by atoms with E-state index in [1.54, 1.807) is 0 Å². The monoisotopic (exact) mass is 210 g/mol. The summed E-state index contributed by atoms with van der Waals surface area (Å²) in [6.45, 7) is 13.1. The Hall–Kier alpha value is -1.05. The molecule has 2 heteroatoms. The van der Waals surface area contributed by atoms with Crippen LogP contribution in [0.25, 0.3) is 0 Å². The highest BCUT2D eigenvalue weighted by Gasteiger charge is 1.92. The van der Waals surface area contributed by atoms with Crippen molar-refractivity contribution >= 4 is 0 Å². The van der Waals surface area contributed by atoms with E-state index < -0.39 is 0 Å². The van der Waals surface area contributed by atoms with E-state index in [0.717, 1.165) is 18.7 Å². The molecule has 1 rings (SSSR count). The van der Waals surface area contributed by atoms with E-state index in [1.165, 1.54) is 0 Å². The van der Waals surface area contributed by atoms with E-state index >= 15 is 0 Å². The minimum absolute atomic E-state index is 0.948. The molecular weight excluding hydrogens is 184 g/mol. The maximum absolute atomic E-state index is 4.33. The quantitative estimate of drug-likeness (QED) is 0.687. The molecule has 2 nitrogen and oxygen atoms in total. The van der Waals surface area contributed by atoms with Crippen molar-refractivity contribution in [2.45, 2.75) is 54.5 Å². The lowest BCUT2D eigenvalue weighted by atomic mass is 10.3. The summed E-state index contributed by atoms with van der Waals surface area (Å²) in [4.78, 5) is 0. The molecule has 0 amide bonds. The topological polar surface area (TPSA) is 17.8 Å².